The van der Waals surface area contributed by atoms with E-state index < -0.39 is 0 Å². The molecule has 1 heterocycles. The minimum absolute atomic E-state index is 0.0252. The van der Waals surface area contributed by atoms with Crippen LogP contribution < -0.4 is 10.1 Å². The maximum atomic E-state index is 12.1. The number of aromatic nitrogens is 1. The molecular formula is C21H22N2O2S. The summed E-state index contributed by atoms with van der Waals surface area (Å²) in [6.07, 6.45) is 0.285. The van der Waals surface area contributed by atoms with Crippen LogP contribution >= 0.6 is 11.3 Å². The van der Waals surface area contributed by atoms with Crippen molar-refractivity contribution in [3.8, 4) is 5.75 Å². The maximum absolute atomic E-state index is 12.1. The molecule has 134 valence electrons. The van der Waals surface area contributed by atoms with Crippen molar-refractivity contribution in [2.45, 2.75) is 33.4 Å². The first-order valence-corrected chi connectivity index (χ1v) is 9.41. The molecule has 0 spiro atoms. The molecule has 0 atom stereocenters. The van der Waals surface area contributed by atoms with Gasteiger partial charge in [-0.15, -0.1) is 11.3 Å². The Bertz CT molecular complexity index is 872. The predicted molar refractivity (Wildman–Crippen MR) is 104 cm³/mol. The number of ether oxygens (including phenoxy) is 1. The molecule has 3 rings (SSSR count). The molecule has 0 saturated carbocycles. The minimum Gasteiger partial charge on any atom is -0.486 e. The molecule has 4 nitrogen and oxygen atoms in total. The van der Waals surface area contributed by atoms with Crippen molar-refractivity contribution in [2.24, 2.45) is 0 Å². The Labute approximate surface area is 157 Å². The van der Waals surface area contributed by atoms with Crippen LogP contribution in [0.4, 0.5) is 0 Å². The number of rotatable bonds is 7. The lowest BCUT2D eigenvalue weighted by Gasteiger charge is -2.05. The van der Waals surface area contributed by atoms with Crippen molar-refractivity contribution in [1.82, 2.24) is 10.3 Å². The molecule has 26 heavy (non-hydrogen) atoms. The minimum atomic E-state index is -0.0252. The molecule has 0 aliphatic heterocycles. The number of amides is 1. The van der Waals surface area contributed by atoms with Crippen LogP contribution in [0.15, 0.2) is 53.9 Å². The van der Waals surface area contributed by atoms with E-state index in [1.807, 2.05) is 61.7 Å². The smallest absolute Gasteiger partial charge is 0.226 e. The molecule has 2 aromatic carbocycles. The van der Waals surface area contributed by atoms with Crippen molar-refractivity contribution < 1.29 is 9.53 Å². The number of hydrogen-bond donors (Lipinski definition) is 1. The van der Waals surface area contributed by atoms with Gasteiger partial charge in [-0.3, -0.25) is 4.79 Å². The Morgan fingerprint density at radius 2 is 1.92 bits per heavy atom. The van der Waals surface area contributed by atoms with Gasteiger partial charge in [-0.1, -0.05) is 47.5 Å². The van der Waals surface area contributed by atoms with E-state index in [1.165, 1.54) is 22.5 Å². The summed E-state index contributed by atoms with van der Waals surface area (Å²) in [6.45, 7) is 5.04. The van der Waals surface area contributed by atoms with Crippen LogP contribution in [0, 0.1) is 13.8 Å². The lowest BCUT2D eigenvalue weighted by Crippen LogP contribution is -2.24. The highest BCUT2D eigenvalue weighted by Crippen LogP contribution is 2.16. The highest BCUT2D eigenvalue weighted by atomic mass is 32.1. The second-order valence-corrected chi connectivity index (χ2v) is 7.22. The third-order valence-corrected chi connectivity index (χ3v) is 4.77. The van der Waals surface area contributed by atoms with E-state index in [0.717, 1.165) is 22.0 Å². The largest absolute Gasteiger partial charge is 0.486 e. The Balaban J connectivity index is 1.46. The summed E-state index contributed by atoms with van der Waals surface area (Å²) in [4.78, 5) is 16.6. The van der Waals surface area contributed by atoms with Gasteiger partial charge in [0.2, 0.25) is 5.91 Å². The van der Waals surface area contributed by atoms with Crippen molar-refractivity contribution >= 4 is 17.2 Å². The van der Waals surface area contributed by atoms with Crippen LogP contribution in [-0.2, 0) is 24.4 Å². The van der Waals surface area contributed by atoms with Crippen LogP contribution in [0.25, 0.3) is 0 Å². The number of aryl methyl sites for hydroxylation is 2. The monoisotopic (exact) mass is 366 g/mol. The quantitative estimate of drug-likeness (QED) is 0.682. The van der Waals surface area contributed by atoms with Gasteiger partial charge in [-0.05, 0) is 31.5 Å². The molecule has 5 heteroatoms. The first-order chi connectivity index (χ1) is 12.6. The number of carbonyl (C=O) groups excluding carboxylic acids is 1. The molecule has 1 N–H and O–H groups in total. The molecule has 1 aromatic heterocycles. The number of nitrogens with one attached hydrogen (secondary N) is 1. The predicted octanol–water partition coefficient (Wildman–Crippen LogP) is 4.20. The number of hydrogen-bond acceptors (Lipinski definition) is 4. The summed E-state index contributed by atoms with van der Waals surface area (Å²) in [5, 5.41) is 5.73. The van der Waals surface area contributed by atoms with E-state index in [4.69, 9.17) is 4.74 Å². The average molecular weight is 366 g/mol. The molecule has 0 saturated heterocycles. The average Bonchev–Trinajstić information content (AvgIpc) is 3.07. The van der Waals surface area contributed by atoms with Gasteiger partial charge in [0.25, 0.3) is 0 Å². The van der Waals surface area contributed by atoms with Gasteiger partial charge in [0.05, 0.1) is 12.1 Å². The summed E-state index contributed by atoms with van der Waals surface area (Å²) in [5.41, 5.74) is 4.27. The summed E-state index contributed by atoms with van der Waals surface area (Å²) in [5.74, 6) is 0.797. The van der Waals surface area contributed by atoms with Gasteiger partial charge in [0, 0.05) is 11.9 Å². The fourth-order valence-electron chi connectivity index (χ4n) is 2.53. The van der Waals surface area contributed by atoms with E-state index in [2.05, 4.69) is 16.4 Å². The second kappa shape index (κ2) is 8.63. The fraction of sp³-hybridized carbons (Fsp3) is 0.238. The number of benzene rings is 2. The number of thiazole rings is 1. The molecule has 0 radical (unpaired) electrons. The molecule has 1 amide bonds. The van der Waals surface area contributed by atoms with Crippen molar-refractivity contribution in [3.63, 3.8) is 0 Å². The van der Waals surface area contributed by atoms with Crippen molar-refractivity contribution in [1.29, 1.82) is 0 Å². The molecule has 0 unspecified atom stereocenters. The molecule has 0 fully saturated rings. The van der Waals surface area contributed by atoms with E-state index in [0.29, 0.717) is 13.2 Å². The van der Waals surface area contributed by atoms with Crippen LogP contribution in [-0.4, -0.2) is 10.9 Å². The Morgan fingerprint density at radius 3 is 2.69 bits per heavy atom. The zero-order valence-electron chi connectivity index (χ0n) is 15.0. The van der Waals surface area contributed by atoms with Gasteiger partial charge in [0.1, 0.15) is 17.4 Å². The first-order valence-electron chi connectivity index (χ1n) is 8.53. The summed E-state index contributed by atoms with van der Waals surface area (Å²) in [7, 11) is 0. The Morgan fingerprint density at radius 1 is 1.12 bits per heavy atom. The van der Waals surface area contributed by atoms with Gasteiger partial charge in [-0.25, -0.2) is 4.98 Å². The van der Waals surface area contributed by atoms with Crippen molar-refractivity contribution in [2.75, 3.05) is 0 Å². The van der Waals surface area contributed by atoms with Crippen LogP contribution in [0.1, 0.15) is 27.4 Å². The standard InChI is InChI=1S/C21H22N2O2S/c1-15-6-8-19(9-7-15)25-13-21-23-18(14-26-21)11-20(24)22-12-17-5-3-4-16(2)10-17/h3-10,14H,11-13H2,1-2H3,(H,22,24). The van der Waals surface area contributed by atoms with Crippen LogP contribution in [0.5, 0.6) is 5.75 Å². The summed E-state index contributed by atoms with van der Waals surface area (Å²) < 4.78 is 5.73. The first kappa shape index (κ1) is 18.1. The van der Waals surface area contributed by atoms with E-state index >= 15 is 0 Å². The molecular weight excluding hydrogens is 344 g/mol. The van der Waals surface area contributed by atoms with Gasteiger partial charge in [-0.2, -0.15) is 0 Å². The van der Waals surface area contributed by atoms with Gasteiger partial charge in [0.15, 0.2) is 0 Å². The van der Waals surface area contributed by atoms with Gasteiger partial charge < -0.3 is 10.1 Å². The fourth-order valence-corrected chi connectivity index (χ4v) is 3.23. The van der Waals surface area contributed by atoms with E-state index in [9.17, 15) is 4.79 Å². The zero-order valence-corrected chi connectivity index (χ0v) is 15.8. The SMILES string of the molecule is Cc1ccc(OCc2nc(CC(=O)NCc3cccc(C)c3)cs2)cc1. The molecule has 0 bridgehead atoms. The highest BCUT2D eigenvalue weighted by Gasteiger charge is 2.08. The highest BCUT2D eigenvalue weighted by molar-refractivity contribution is 7.09. The maximum Gasteiger partial charge on any atom is 0.226 e. The third kappa shape index (κ3) is 5.43. The zero-order chi connectivity index (χ0) is 18.4. The van der Waals surface area contributed by atoms with Gasteiger partial charge >= 0.3 is 0 Å². The summed E-state index contributed by atoms with van der Waals surface area (Å²) in [6, 6.07) is 16.0. The van der Waals surface area contributed by atoms with E-state index in [-0.39, 0.29) is 12.3 Å². The second-order valence-electron chi connectivity index (χ2n) is 6.28. The Hall–Kier alpha value is -2.66. The topological polar surface area (TPSA) is 51.2 Å². The van der Waals surface area contributed by atoms with Crippen LogP contribution in [0.2, 0.25) is 0 Å². The lowest BCUT2D eigenvalue weighted by atomic mass is 10.1. The lowest BCUT2D eigenvalue weighted by molar-refractivity contribution is -0.120. The van der Waals surface area contributed by atoms with Crippen LogP contribution in [0.3, 0.4) is 0 Å². The van der Waals surface area contributed by atoms with E-state index in [1.54, 1.807) is 0 Å². The number of nitrogens with zero attached hydrogens (tertiary/aromatic N) is 1. The molecule has 0 aliphatic carbocycles. The summed E-state index contributed by atoms with van der Waals surface area (Å²) >= 11 is 1.51. The van der Waals surface area contributed by atoms with Crippen molar-refractivity contribution in [3.05, 3.63) is 81.3 Å². The Kier molecular flexibility index (Phi) is 6.02. The molecule has 3 aromatic rings. The normalized spacial score (nSPS) is 10.5. The molecule has 0 aliphatic rings. The third-order valence-electron chi connectivity index (χ3n) is 3.90. The number of carbonyl (C=O) groups is 1.